The van der Waals surface area contributed by atoms with Gasteiger partial charge in [0.05, 0.1) is 23.6 Å². The lowest BCUT2D eigenvalue weighted by atomic mass is 9.81. The van der Waals surface area contributed by atoms with Gasteiger partial charge in [0.15, 0.2) is 6.10 Å². The molecule has 272 valence electrons. The van der Waals surface area contributed by atoms with Crippen LogP contribution in [0.4, 0.5) is 10.1 Å². The van der Waals surface area contributed by atoms with Gasteiger partial charge in [-0.3, -0.25) is 4.98 Å². The summed E-state index contributed by atoms with van der Waals surface area (Å²) < 4.78 is 25.8. The van der Waals surface area contributed by atoms with Crippen LogP contribution in [0.5, 0.6) is 5.75 Å². The number of piperidine rings is 1. The molecule has 1 saturated carbocycles. The fraction of sp³-hybridized carbons (Fsp3) is 0.571. The normalized spacial score (nSPS) is 17.6. The van der Waals surface area contributed by atoms with Crippen LogP contribution >= 0.6 is 0 Å². The largest absolute Gasteiger partial charge is 0.493 e. The van der Waals surface area contributed by atoms with Crippen LogP contribution in [-0.2, 0) is 22.5 Å². The first-order valence-corrected chi connectivity index (χ1v) is 18.5. The number of hydrogen-bond donors (Lipinski definition) is 1. The molecule has 1 aliphatic carbocycles. The van der Waals surface area contributed by atoms with Gasteiger partial charge >= 0.3 is 5.97 Å². The molecule has 1 aromatic heterocycles. The Labute approximate surface area is 299 Å². The van der Waals surface area contributed by atoms with E-state index in [4.69, 9.17) is 14.5 Å². The zero-order chi connectivity index (χ0) is 36.1. The second kappa shape index (κ2) is 16.2. The third-order valence-corrected chi connectivity index (χ3v) is 10.3. The number of ether oxygens (including phenoxy) is 2. The van der Waals surface area contributed by atoms with Crippen LogP contribution in [-0.4, -0.2) is 59.8 Å². The summed E-state index contributed by atoms with van der Waals surface area (Å²) in [7, 11) is 2.19. The van der Waals surface area contributed by atoms with Crippen LogP contribution in [0.1, 0.15) is 108 Å². The highest BCUT2D eigenvalue weighted by atomic mass is 19.1. The highest BCUT2D eigenvalue weighted by Crippen LogP contribution is 2.45. The van der Waals surface area contributed by atoms with Crippen molar-refractivity contribution < 1.29 is 23.8 Å². The number of pyridine rings is 1. The molecule has 0 amide bonds. The summed E-state index contributed by atoms with van der Waals surface area (Å²) in [5, 5.41) is 10.7. The third kappa shape index (κ3) is 10.1. The summed E-state index contributed by atoms with van der Waals surface area (Å²) in [6.45, 7) is 16.1. The zero-order valence-corrected chi connectivity index (χ0v) is 31.4. The van der Waals surface area contributed by atoms with E-state index >= 15 is 0 Å². The molecule has 3 aromatic rings. The molecule has 0 bridgehead atoms. The predicted octanol–water partition coefficient (Wildman–Crippen LogP) is 9.40. The Morgan fingerprint density at radius 2 is 1.68 bits per heavy atom. The molecular formula is C42H58FN3O4. The van der Waals surface area contributed by atoms with Crippen molar-refractivity contribution in [3.05, 3.63) is 76.9 Å². The van der Waals surface area contributed by atoms with Gasteiger partial charge in [0.1, 0.15) is 11.6 Å². The Kier molecular flexibility index (Phi) is 12.3. The average Bonchev–Trinajstić information content (AvgIpc) is 3.05. The van der Waals surface area contributed by atoms with E-state index in [0.29, 0.717) is 36.7 Å². The molecule has 1 atom stereocenters. The van der Waals surface area contributed by atoms with E-state index < -0.39 is 17.7 Å². The average molecular weight is 688 g/mol. The van der Waals surface area contributed by atoms with Gasteiger partial charge in [-0.05, 0) is 107 Å². The lowest BCUT2D eigenvalue weighted by Crippen LogP contribution is -2.39. The lowest BCUT2D eigenvalue weighted by Gasteiger charge is -2.41. The molecule has 5 rings (SSSR count). The molecule has 1 aliphatic heterocycles. The molecule has 2 heterocycles. The van der Waals surface area contributed by atoms with Crippen molar-refractivity contribution in [2.45, 2.75) is 111 Å². The van der Waals surface area contributed by atoms with E-state index in [1.807, 2.05) is 39.8 Å². The molecular weight excluding hydrogens is 629 g/mol. The SMILES string of the molecule is Cc1nc(CN(C)CC2CCCCC2)c(-c2ccc(OCCc3ccc(F)cc3)cc2)c(N2CCC(C)(C)CC2)c1[C@H](OC(C)(C)C)C(=O)O. The van der Waals surface area contributed by atoms with Gasteiger partial charge in [0.25, 0.3) is 0 Å². The summed E-state index contributed by atoms with van der Waals surface area (Å²) in [5.41, 5.74) is 5.72. The molecule has 1 saturated heterocycles. The van der Waals surface area contributed by atoms with Gasteiger partial charge in [0, 0.05) is 49.4 Å². The van der Waals surface area contributed by atoms with Crippen LogP contribution in [0.3, 0.4) is 0 Å². The van der Waals surface area contributed by atoms with Crippen LogP contribution in [0, 0.1) is 24.1 Å². The summed E-state index contributed by atoms with van der Waals surface area (Å²) >= 11 is 0. The van der Waals surface area contributed by atoms with E-state index in [9.17, 15) is 14.3 Å². The van der Waals surface area contributed by atoms with Crippen molar-refractivity contribution in [1.82, 2.24) is 9.88 Å². The summed E-state index contributed by atoms with van der Waals surface area (Å²) in [6.07, 6.45) is 7.97. The number of hydrogen-bond acceptors (Lipinski definition) is 6. The topological polar surface area (TPSA) is 75.1 Å². The van der Waals surface area contributed by atoms with Gasteiger partial charge in [-0.2, -0.15) is 0 Å². The first-order chi connectivity index (χ1) is 23.7. The first kappa shape index (κ1) is 37.8. The summed E-state index contributed by atoms with van der Waals surface area (Å²) in [6, 6.07) is 14.6. The lowest BCUT2D eigenvalue weighted by molar-refractivity contribution is -0.160. The van der Waals surface area contributed by atoms with Gasteiger partial charge in [-0.1, -0.05) is 57.4 Å². The molecule has 2 fully saturated rings. The molecule has 1 N–H and O–H groups in total. The molecule has 0 spiro atoms. The fourth-order valence-electron chi connectivity index (χ4n) is 7.53. The molecule has 8 heteroatoms. The Hall–Kier alpha value is -3.49. The van der Waals surface area contributed by atoms with Crippen molar-refractivity contribution in [1.29, 1.82) is 0 Å². The Morgan fingerprint density at radius 3 is 2.28 bits per heavy atom. The van der Waals surface area contributed by atoms with Gasteiger partial charge in [0.2, 0.25) is 0 Å². The van der Waals surface area contributed by atoms with E-state index in [1.54, 1.807) is 12.1 Å². The number of aryl methyl sites for hydroxylation is 1. The molecule has 2 aromatic carbocycles. The number of nitrogens with zero attached hydrogens (tertiary/aromatic N) is 3. The monoisotopic (exact) mass is 687 g/mol. The third-order valence-electron chi connectivity index (χ3n) is 10.3. The fourth-order valence-corrected chi connectivity index (χ4v) is 7.53. The second-order valence-electron chi connectivity index (χ2n) is 16.3. The number of benzene rings is 2. The molecule has 0 unspecified atom stereocenters. The maximum absolute atomic E-state index is 13.4. The van der Waals surface area contributed by atoms with Gasteiger partial charge in [-0.15, -0.1) is 0 Å². The zero-order valence-electron chi connectivity index (χ0n) is 31.4. The number of halogens is 1. The van der Waals surface area contributed by atoms with Crippen molar-refractivity contribution in [2.75, 3.05) is 38.2 Å². The van der Waals surface area contributed by atoms with Crippen molar-refractivity contribution >= 4 is 11.7 Å². The minimum atomic E-state index is -1.17. The highest BCUT2D eigenvalue weighted by molar-refractivity contribution is 5.88. The van der Waals surface area contributed by atoms with E-state index in [-0.39, 0.29) is 11.2 Å². The van der Waals surface area contributed by atoms with Crippen LogP contribution in [0.15, 0.2) is 48.5 Å². The number of rotatable bonds is 13. The number of aromatic nitrogens is 1. The number of anilines is 1. The van der Waals surface area contributed by atoms with Crippen molar-refractivity contribution in [3.63, 3.8) is 0 Å². The van der Waals surface area contributed by atoms with E-state index in [0.717, 1.165) is 66.3 Å². The van der Waals surface area contributed by atoms with Crippen LogP contribution in [0.25, 0.3) is 11.1 Å². The smallest absolute Gasteiger partial charge is 0.337 e. The minimum Gasteiger partial charge on any atom is -0.493 e. The Morgan fingerprint density at radius 1 is 1.04 bits per heavy atom. The Balaban J connectivity index is 1.57. The van der Waals surface area contributed by atoms with Crippen LogP contribution in [0.2, 0.25) is 0 Å². The maximum Gasteiger partial charge on any atom is 0.337 e. The number of carboxylic acids is 1. The Bertz CT molecular complexity index is 1570. The van der Waals surface area contributed by atoms with E-state index in [1.165, 1.54) is 44.2 Å². The summed E-state index contributed by atoms with van der Waals surface area (Å²) in [4.78, 5) is 23.1. The number of carboxylic acid groups (broad SMARTS) is 1. The highest BCUT2D eigenvalue weighted by Gasteiger charge is 2.37. The van der Waals surface area contributed by atoms with Crippen molar-refractivity contribution in [3.8, 4) is 16.9 Å². The maximum atomic E-state index is 13.4. The quantitative estimate of drug-likeness (QED) is 0.192. The van der Waals surface area contributed by atoms with Gasteiger partial charge < -0.3 is 24.4 Å². The summed E-state index contributed by atoms with van der Waals surface area (Å²) in [5.74, 6) is 0.171. The second-order valence-corrected chi connectivity index (χ2v) is 16.3. The molecule has 0 radical (unpaired) electrons. The predicted molar refractivity (Wildman–Crippen MR) is 199 cm³/mol. The number of carbonyl (C=O) groups is 1. The standard InChI is InChI=1S/C42H58FN3O4/c1-29-36(39(40(47)48)50-41(2,3)4)38(46-24-22-42(5,6)23-25-46)37(35(44-29)28-45(7)27-31-11-9-8-10-12-31)32-15-19-34(20-16-32)49-26-21-30-13-17-33(43)18-14-30/h13-20,31,39H,8-12,21-28H2,1-7H3,(H,47,48)/t39-/m0/s1. The molecule has 2 aliphatic rings. The molecule has 50 heavy (non-hydrogen) atoms. The number of aliphatic carboxylic acids is 1. The van der Waals surface area contributed by atoms with Crippen molar-refractivity contribution in [2.24, 2.45) is 11.3 Å². The molecule has 7 nitrogen and oxygen atoms in total. The van der Waals surface area contributed by atoms with Crippen LogP contribution < -0.4 is 9.64 Å². The van der Waals surface area contributed by atoms with Gasteiger partial charge in [-0.25, -0.2) is 9.18 Å². The van der Waals surface area contributed by atoms with E-state index in [2.05, 4.69) is 42.8 Å². The minimum absolute atomic E-state index is 0.211. The first-order valence-electron chi connectivity index (χ1n) is 18.5.